The molecule has 3 aromatic rings. The summed E-state index contributed by atoms with van der Waals surface area (Å²) in [5, 5.41) is 6.20. The number of hydrogen-bond acceptors (Lipinski definition) is 5. The second-order valence-electron chi connectivity index (χ2n) is 7.25. The minimum atomic E-state index is -0.861. The molecular formula is C23H23FN2O4S. The van der Waals surface area contributed by atoms with Crippen molar-refractivity contribution >= 4 is 44.9 Å². The highest BCUT2D eigenvalue weighted by Gasteiger charge is 2.26. The van der Waals surface area contributed by atoms with E-state index < -0.39 is 23.7 Å². The SMILES string of the molecule is CCOC(=O)c1cc2cc(NC(=O)C(NC(=O)c3ccccc3F)C(C)C)ccc2s1. The number of fused-ring (bicyclic) bond motifs is 1. The highest BCUT2D eigenvalue weighted by atomic mass is 32.1. The Bertz CT molecular complexity index is 1130. The Morgan fingerprint density at radius 1 is 1.10 bits per heavy atom. The first-order chi connectivity index (χ1) is 14.8. The first-order valence-electron chi connectivity index (χ1n) is 9.87. The molecule has 1 unspecified atom stereocenters. The number of rotatable bonds is 7. The molecule has 0 aliphatic rings. The van der Waals surface area contributed by atoms with Gasteiger partial charge in [-0.2, -0.15) is 0 Å². The monoisotopic (exact) mass is 442 g/mol. The Labute approximate surface area is 183 Å². The van der Waals surface area contributed by atoms with Crippen LogP contribution in [-0.2, 0) is 9.53 Å². The van der Waals surface area contributed by atoms with Gasteiger partial charge in [-0.1, -0.05) is 26.0 Å². The van der Waals surface area contributed by atoms with Gasteiger partial charge in [0.1, 0.15) is 16.7 Å². The van der Waals surface area contributed by atoms with E-state index in [1.54, 1.807) is 51.1 Å². The predicted molar refractivity (Wildman–Crippen MR) is 119 cm³/mol. The zero-order chi connectivity index (χ0) is 22.5. The van der Waals surface area contributed by atoms with Crippen molar-refractivity contribution in [2.45, 2.75) is 26.8 Å². The van der Waals surface area contributed by atoms with Crippen molar-refractivity contribution < 1.29 is 23.5 Å². The topological polar surface area (TPSA) is 84.5 Å². The molecule has 6 nitrogen and oxygen atoms in total. The first-order valence-corrected chi connectivity index (χ1v) is 10.7. The third-order valence-corrected chi connectivity index (χ3v) is 5.71. The smallest absolute Gasteiger partial charge is 0.348 e. The number of carbonyl (C=O) groups excluding carboxylic acids is 3. The van der Waals surface area contributed by atoms with Gasteiger partial charge in [0, 0.05) is 10.4 Å². The number of halogens is 1. The van der Waals surface area contributed by atoms with Crippen LogP contribution in [0.25, 0.3) is 10.1 Å². The van der Waals surface area contributed by atoms with Crippen molar-refractivity contribution in [3.05, 3.63) is 64.8 Å². The van der Waals surface area contributed by atoms with Crippen LogP contribution >= 0.6 is 11.3 Å². The quantitative estimate of drug-likeness (QED) is 0.524. The normalized spacial score (nSPS) is 11.9. The third kappa shape index (κ3) is 5.27. The van der Waals surface area contributed by atoms with Gasteiger partial charge in [-0.3, -0.25) is 9.59 Å². The Hall–Kier alpha value is -3.26. The second-order valence-corrected chi connectivity index (χ2v) is 8.33. The number of ether oxygens (including phenoxy) is 1. The van der Waals surface area contributed by atoms with E-state index in [4.69, 9.17) is 4.74 Å². The highest BCUT2D eigenvalue weighted by Crippen LogP contribution is 2.29. The second kappa shape index (κ2) is 9.70. The molecular weight excluding hydrogens is 419 g/mol. The lowest BCUT2D eigenvalue weighted by molar-refractivity contribution is -0.118. The summed E-state index contributed by atoms with van der Waals surface area (Å²) < 4.78 is 19.8. The molecule has 0 aliphatic heterocycles. The van der Waals surface area contributed by atoms with Gasteiger partial charge in [-0.15, -0.1) is 11.3 Å². The summed E-state index contributed by atoms with van der Waals surface area (Å²) in [7, 11) is 0. The van der Waals surface area contributed by atoms with Crippen LogP contribution in [0.15, 0.2) is 48.5 Å². The molecule has 0 bridgehead atoms. The lowest BCUT2D eigenvalue weighted by atomic mass is 10.0. The van der Waals surface area contributed by atoms with E-state index in [9.17, 15) is 18.8 Å². The average molecular weight is 443 g/mol. The minimum Gasteiger partial charge on any atom is -0.462 e. The molecule has 8 heteroatoms. The molecule has 31 heavy (non-hydrogen) atoms. The number of anilines is 1. The van der Waals surface area contributed by atoms with Gasteiger partial charge < -0.3 is 15.4 Å². The molecule has 1 aromatic heterocycles. The molecule has 1 atom stereocenters. The fourth-order valence-electron chi connectivity index (χ4n) is 3.04. The fraction of sp³-hybridized carbons (Fsp3) is 0.261. The van der Waals surface area contributed by atoms with E-state index in [0.717, 1.165) is 10.1 Å². The van der Waals surface area contributed by atoms with Crippen LogP contribution in [0.5, 0.6) is 0 Å². The Balaban J connectivity index is 1.75. The molecule has 2 aromatic carbocycles. The zero-order valence-electron chi connectivity index (χ0n) is 17.4. The minimum absolute atomic E-state index is 0.118. The van der Waals surface area contributed by atoms with Crippen molar-refractivity contribution in [3.8, 4) is 0 Å². The molecule has 0 radical (unpaired) electrons. The number of carbonyl (C=O) groups is 3. The molecule has 2 N–H and O–H groups in total. The zero-order valence-corrected chi connectivity index (χ0v) is 18.2. The van der Waals surface area contributed by atoms with Gasteiger partial charge in [-0.25, -0.2) is 9.18 Å². The summed E-state index contributed by atoms with van der Waals surface area (Å²) in [6, 6.07) is 11.8. The summed E-state index contributed by atoms with van der Waals surface area (Å²) >= 11 is 1.31. The van der Waals surface area contributed by atoms with E-state index in [0.29, 0.717) is 17.2 Å². The fourth-order valence-corrected chi connectivity index (χ4v) is 3.98. The Morgan fingerprint density at radius 3 is 2.52 bits per heavy atom. The molecule has 0 aliphatic carbocycles. The molecule has 2 amide bonds. The van der Waals surface area contributed by atoms with Gasteiger partial charge in [0.15, 0.2) is 0 Å². The molecule has 0 saturated heterocycles. The van der Waals surface area contributed by atoms with Gasteiger partial charge in [0.05, 0.1) is 12.2 Å². The molecule has 3 rings (SSSR count). The van der Waals surface area contributed by atoms with E-state index in [-0.39, 0.29) is 17.5 Å². The van der Waals surface area contributed by atoms with Gasteiger partial charge in [-0.05, 0) is 54.6 Å². The third-order valence-electron chi connectivity index (χ3n) is 4.61. The van der Waals surface area contributed by atoms with E-state index in [1.165, 1.54) is 29.5 Å². The number of amides is 2. The maximum Gasteiger partial charge on any atom is 0.348 e. The van der Waals surface area contributed by atoms with Crippen molar-refractivity contribution in [3.63, 3.8) is 0 Å². The van der Waals surface area contributed by atoms with Gasteiger partial charge >= 0.3 is 5.97 Å². The molecule has 1 heterocycles. The molecule has 0 saturated carbocycles. The summed E-state index contributed by atoms with van der Waals surface area (Å²) in [6.07, 6.45) is 0. The van der Waals surface area contributed by atoms with Crippen molar-refractivity contribution in [1.29, 1.82) is 0 Å². The Kier molecular flexibility index (Phi) is 7.02. The van der Waals surface area contributed by atoms with E-state index >= 15 is 0 Å². The van der Waals surface area contributed by atoms with Crippen LogP contribution in [0.3, 0.4) is 0 Å². The summed E-state index contributed by atoms with van der Waals surface area (Å²) in [6.45, 7) is 5.62. The van der Waals surface area contributed by atoms with Crippen molar-refractivity contribution in [1.82, 2.24) is 5.32 Å². The lowest BCUT2D eigenvalue weighted by Gasteiger charge is -2.22. The van der Waals surface area contributed by atoms with Crippen LogP contribution in [-0.4, -0.2) is 30.4 Å². The van der Waals surface area contributed by atoms with Crippen LogP contribution in [0.1, 0.15) is 40.8 Å². The van der Waals surface area contributed by atoms with Gasteiger partial charge in [0.2, 0.25) is 5.91 Å². The molecule has 0 spiro atoms. The summed E-state index contributed by atoms with van der Waals surface area (Å²) in [4.78, 5) is 37.7. The maximum absolute atomic E-state index is 13.9. The average Bonchev–Trinajstić information content (AvgIpc) is 3.15. The highest BCUT2D eigenvalue weighted by molar-refractivity contribution is 7.20. The van der Waals surface area contributed by atoms with E-state index in [1.807, 2.05) is 0 Å². The predicted octanol–water partition coefficient (Wildman–Crippen LogP) is 4.61. The van der Waals surface area contributed by atoms with Crippen LogP contribution in [0, 0.1) is 11.7 Å². The lowest BCUT2D eigenvalue weighted by Crippen LogP contribution is -2.47. The molecule has 162 valence electrons. The Morgan fingerprint density at radius 2 is 1.84 bits per heavy atom. The largest absolute Gasteiger partial charge is 0.462 e. The van der Waals surface area contributed by atoms with Crippen LogP contribution < -0.4 is 10.6 Å². The van der Waals surface area contributed by atoms with Crippen LogP contribution in [0.2, 0.25) is 0 Å². The van der Waals surface area contributed by atoms with E-state index in [2.05, 4.69) is 10.6 Å². The number of esters is 1. The number of nitrogens with one attached hydrogen (secondary N) is 2. The maximum atomic E-state index is 13.9. The summed E-state index contributed by atoms with van der Waals surface area (Å²) in [5.74, 6) is -2.33. The standard InChI is InChI=1S/C23H23FN2O4S/c1-4-30-23(29)19-12-14-11-15(9-10-18(14)31-19)25-22(28)20(13(2)3)26-21(27)16-7-5-6-8-17(16)24/h5-13,20H,4H2,1-3H3,(H,25,28)(H,26,27). The number of benzene rings is 2. The van der Waals surface area contributed by atoms with Crippen molar-refractivity contribution in [2.24, 2.45) is 5.92 Å². The number of thiophene rings is 1. The molecule has 0 fully saturated rings. The first kappa shape index (κ1) is 22.4. The van der Waals surface area contributed by atoms with Crippen LogP contribution in [0.4, 0.5) is 10.1 Å². The van der Waals surface area contributed by atoms with Gasteiger partial charge in [0.25, 0.3) is 5.91 Å². The van der Waals surface area contributed by atoms with Crippen molar-refractivity contribution in [2.75, 3.05) is 11.9 Å². The number of hydrogen-bond donors (Lipinski definition) is 2. The summed E-state index contributed by atoms with van der Waals surface area (Å²) in [5.41, 5.74) is 0.406.